The number of rotatable bonds is 10. The zero-order valence-corrected chi connectivity index (χ0v) is 19.9. The van der Waals surface area contributed by atoms with Crippen molar-refractivity contribution in [1.29, 1.82) is 0 Å². The van der Waals surface area contributed by atoms with Gasteiger partial charge in [-0.1, -0.05) is 26.0 Å². The lowest BCUT2D eigenvalue weighted by molar-refractivity contribution is -0.119. The molecular weight excluding hydrogens is 428 g/mol. The molecule has 0 aromatic heterocycles. The van der Waals surface area contributed by atoms with E-state index in [1.54, 1.807) is 0 Å². The number of benzene rings is 2. The van der Waals surface area contributed by atoms with Gasteiger partial charge in [0.05, 0.1) is 0 Å². The van der Waals surface area contributed by atoms with Crippen LogP contribution in [0.3, 0.4) is 0 Å². The second-order valence-electron chi connectivity index (χ2n) is 9.05. The first-order valence-corrected chi connectivity index (χ1v) is 11.7. The fourth-order valence-electron chi connectivity index (χ4n) is 4.34. The summed E-state index contributed by atoms with van der Waals surface area (Å²) in [5.41, 5.74) is 5.66. The van der Waals surface area contributed by atoms with Crippen LogP contribution in [0.5, 0.6) is 0 Å². The lowest BCUT2D eigenvalue weighted by atomic mass is 9.96. The molecule has 0 aliphatic carbocycles. The van der Waals surface area contributed by atoms with Gasteiger partial charge in [0, 0.05) is 49.6 Å². The van der Waals surface area contributed by atoms with Crippen LogP contribution in [-0.4, -0.2) is 30.3 Å². The molecule has 3 N–H and O–H groups in total. The molecule has 1 amide bonds. The first-order valence-electron chi connectivity index (χ1n) is 11.2. The van der Waals surface area contributed by atoms with E-state index in [-0.39, 0.29) is 17.2 Å². The Kier molecular flexibility index (Phi) is 8.54. The Labute approximate surface area is 195 Å². The highest BCUT2D eigenvalue weighted by molar-refractivity contribution is 7.81. The zero-order chi connectivity index (χ0) is 23.3. The highest BCUT2D eigenvalue weighted by Crippen LogP contribution is 2.29. The number of amides is 1. The molecule has 0 unspecified atom stereocenters. The summed E-state index contributed by atoms with van der Waals surface area (Å²) in [6, 6.07) is 7.64. The van der Waals surface area contributed by atoms with E-state index in [1.807, 2.05) is 0 Å². The average Bonchev–Trinajstić information content (AvgIpc) is 3.14. The fourth-order valence-corrected chi connectivity index (χ4v) is 4.65. The highest BCUT2D eigenvalue weighted by atomic mass is 32.1. The number of halogens is 2. The summed E-state index contributed by atoms with van der Waals surface area (Å²) in [5, 5.41) is 9.59. The average molecular weight is 462 g/mol. The molecule has 1 aliphatic heterocycles. The molecule has 0 saturated heterocycles. The summed E-state index contributed by atoms with van der Waals surface area (Å²) in [4.78, 5) is 11.7. The van der Waals surface area contributed by atoms with Gasteiger partial charge in [0.25, 0.3) is 0 Å². The van der Waals surface area contributed by atoms with Crippen molar-refractivity contribution in [3.05, 3.63) is 64.2 Å². The van der Waals surface area contributed by atoms with Crippen molar-refractivity contribution >= 4 is 24.2 Å². The van der Waals surface area contributed by atoms with Crippen molar-refractivity contribution < 1.29 is 13.6 Å². The summed E-state index contributed by atoms with van der Waals surface area (Å²) in [6.07, 6.45) is 2.38. The number of hydrogen-bond acceptors (Lipinski definition) is 4. The number of carbonyl (C=O) groups excluding carboxylic acids is 1. The van der Waals surface area contributed by atoms with Gasteiger partial charge in [-0.25, -0.2) is 8.78 Å². The first kappa shape index (κ1) is 24.5. The second-order valence-corrected chi connectivity index (χ2v) is 9.71. The summed E-state index contributed by atoms with van der Waals surface area (Å²) in [6.45, 7) is 8.05. The van der Waals surface area contributed by atoms with Crippen LogP contribution in [0.25, 0.3) is 0 Å². The van der Waals surface area contributed by atoms with E-state index >= 15 is 0 Å². The predicted octanol–water partition coefficient (Wildman–Crippen LogP) is 4.27. The van der Waals surface area contributed by atoms with E-state index < -0.39 is 11.6 Å². The second kappa shape index (κ2) is 11.1. The Morgan fingerprint density at radius 3 is 2.44 bits per heavy atom. The lowest BCUT2D eigenvalue weighted by Crippen LogP contribution is -2.45. The molecule has 2 aromatic carbocycles. The molecule has 32 heavy (non-hydrogen) atoms. The topological polar surface area (TPSA) is 53.2 Å². The molecule has 174 valence electrons. The van der Waals surface area contributed by atoms with Crippen LogP contribution in [0.4, 0.5) is 14.5 Å². The van der Waals surface area contributed by atoms with Crippen molar-refractivity contribution in [3.63, 3.8) is 0 Å². The van der Waals surface area contributed by atoms with Crippen LogP contribution in [0, 0.1) is 17.6 Å². The maximum Gasteiger partial charge on any atom is 0.217 e. The molecule has 0 saturated carbocycles. The van der Waals surface area contributed by atoms with Crippen molar-refractivity contribution in [1.82, 2.24) is 10.6 Å². The number of nitrogens with one attached hydrogen (secondary N) is 3. The van der Waals surface area contributed by atoms with Crippen LogP contribution in [-0.2, 0) is 30.6 Å². The van der Waals surface area contributed by atoms with Gasteiger partial charge in [0.2, 0.25) is 5.91 Å². The van der Waals surface area contributed by atoms with E-state index in [2.05, 4.69) is 41.9 Å². The molecule has 4 nitrogen and oxygen atoms in total. The molecule has 0 fully saturated rings. The summed E-state index contributed by atoms with van der Waals surface area (Å²) < 4.78 is 27.2. The molecule has 1 aliphatic rings. The van der Waals surface area contributed by atoms with Crippen LogP contribution in [0.2, 0.25) is 0 Å². The predicted molar refractivity (Wildman–Crippen MR) is 129 cm³/mol. The van der Waals surface area contributed by atoms with E-state index in [4.69, 9.17) is 12.6 Å². The maximum atomic E-state index is 13.6. The van der Waals surface area contributed by atoms with Crippen LogP contribution < -0.4 is 16.0 Å². The first-order chi connectivity index (χ1) is 15.2. The molecule has 0 radical (unpaired) electrons. The van der Waals surface area contributed by atoms with Crippen molar-refractivity contribution in [2.24, 2.45) is 5.92 Å². The quantitative estimate of drug-likeness (QED) is 0.400. The normalized spacial score (nSPS) is 14.7. The third kappa shape index (κ3) is 6.94. The number of fused-ring (bicyclic) bond motifs is 1. The minimum atomic E-state index is -0.627. The Morgan fingerprint density at radius 2 is 1.78 bits per heavy atom. The standard InChI is InChI=1S/C25H33F2N3OS/c1-15(2)6-17-7-19-4-5-29-25(19)20(8-17)13-28-14-24(32)23(30-16(3)31)11-18-9-21(26)12-22(27)10-18/h7-10,12,15,23-24,28-29,32H,4-6,11,13-14H2,1-3H3,(H,30,31)/t23-,24-/m0/s1. The zero-order valence-electron chi connectivity index (χ0n) is 19.0. The van der Waals surface area contributed by atoms with E-state index in [0.717, 1.165) is 25.5 Å². The van der Waals surface area contributed by atoms with Crippen molar-refractivity contribution in [2.75, 3.05) is 18.4 Å². The van der Waals surface area contributed by atoms with Crippen molar-refractivity contribution in [2.45, 2.75) is 57.9 Å². The van der Waals surface area contributed by atoms with Gasteiger partial charge in [-0.05, 0) is 59.6 Å². The molecule has 3 rings (SSSR count). The van der Waals surface area contributed by atoms with Gasteiger partial charge in [-0.15, -0.1) is 0 Å². The smallest absolute Gasteiger partial charge is 0.217 e. The fraction of sp³-hybridized carbons (Fsp3) is 0.480. The van der Waals surface area contributed by atoms with Gasteiger partial charge in [-0.2, -0.15) is 12.6 Å². The summed E-state index contributed by atoms with van der Waals surface area (Å²) in [7, 11) is 0. The van der Waals surface area contributed by atoms with E-state index in [9.17, 15) is 13.6 Å². The molecule has 0 spiro atoms. The number of carbonyl (C=O) groups is 1. The minimum absolute atomic E-state index is 0.200. The summed E-state index contributed by atoms with van der Waals surface area (Å²) >= 11 is 4.69. The van der Waals surface area contributed by atoms with Gasteiger partial charge in [0.1, 0.15) is 11.6 Å². The SMILES string of the molecule is CC(=O)N[C@@H](Cc1cc(F)cc(F)c1)[C@@H](S)CNCc1cc(CC(C)C)cc2c1NCC2. The van der Waals surface area contributed by atoms with Gasteiger partial charge >= 0.3 is 0 Å². The Hall–Kier alpha value is -2.12. The van der Waals surface area contributed by atoms with Crippen molar-refractivity contribution in [3.8, 4) is 0 Å². The molecule has 0 bridgehead atoms. The third-order valence-corrected chi connectivity index (χ3v) is 6.14. The largest absolute Gasteiger partial charge is 0.384 e. The maximum absolute atomic E-state index is 13.6. The summed E-state index contributed by atoms with van der Waals surface area (Å²) in [5.74, 6) is -0.860. The molecule has 1 heterocycles. The number of hydrogen-bond donors (Lipinski definition) is 4. The van der Waals surface area contributed by atoms with Gasteiger partial charge in [-0.3, -0.25) is 4.79 Å². The van der Waals surface area contributed by atoms with Gasteiger partial charge in [0.15, 0.2) is 0 Å². The molecule has 2 aromatic rings. The van der Waals surface area contributed by atoms with Crippen LogP contribution >= 0.6 is 12.6 Å². The molecular formula is C25H33F2N3OS. The third-order valence-electron chi connectivity index (χ3n) is 5.60. The number of anilines is 1. The Balaban J connectivity index is 1.65. The Morgan fingerprint density at radius 1 is 1.09 bits per heavy atom. The van der Waals surface area contributed by atoms with Crippen LogP contribution in [0.1, 0.15) is 43.0 Å². The van der Waals surface area contributed by atoms with E-state index in [0.29, 0.717) is 31.0 Å². The van der Waals surface area contributed by atoms with Gasteiger partial charge < -0.3 is 16.0 Å². The number of thiol groups is 1. The van der Waals surface area contributed by atoms with E-state index in [1.165, 1.54) is 41.4 Å². The van der Waals surface area contributed by atoms with Crippen LogP contribution in [0.15, 0.2) is 30.3 Å². The monoisotopic (exact) mass is 461 g/mol. The lowest BCUT2D eigenvalue weighted by Gasteiger charge is -2.25. The molecule has 7 heteroatoms. The minimum Gasteiger partial charge on any atom is -0.384 e. The Bertz CT molecular complexity index is 931. The highest BCUT2D eigenvalue weighted by Gasteiger charge is 2.21. The molecule has 2 atom stereocenters.